The third-order valence-corrected chi connectivity index (χ3v) is 2.52. The van der Waals surface area contributed by atoms with Crippen LogP contribution in [0.15, 0.2) is 18.2 Å². The number of hydrogen-bond donors (Lipinski definition) is 2. The number of imidazole rings is 1. The lowest BCUT2D eigenvalue weighted by molar-refractivity contribution is -0.137. The zero-order valence-electron chi connectivity index (χ0n) is 8.84. The van der Waals surface area contributed by atoms with Crippen LogP contribution in [-0.4, -0.2) is 25.7 Å². The van der Waals surface area contributed by atoms with Gasteiger partial charge in [0.2, 0.25) is 0 Å². The summed E-state index contributed by atoms with van der Waals surface area (Å²) in [6, 6.07) is 4.90. The Labute approximate surface area is 92.0 Å². The molecule has 0 fully saturated rings. The Balaban J connectivity index is 2.40. The van der Waals surface area contributed by atoms with Crippen molar-refractivity contribution in [2.24, 2.45) is 7.05 Å². The number of hydrogen-bond acceptors (Lipinski definition) is 3. The molecule has 2 rings (SSSR count). The van der Waals surface area contributed by atoms with Crippen LogP contribution in [0.25, 0.3) is 11.0 Å². The van der Waals surface area contributed by atoms with Crippen LogP contribution in [0, 0.1) is 0 Å². The predicted octanol–water partition coefficient (Wildman–Crippen LogP) is 1.30. The number of aliphatic carboxylic acids is 1. The van der Waals surface area contributed by atoms with E-state index < -0.39 is 5.97 Å². The third kappa shape index (κ3) is 1.84. The van der Waals surface area contributed by atoms with Crippen molar-refractivity contribution >= 4 is 17.0 Å². The third-order valence-electron chi connectivity index (χ3n) is 2.52. The molecule has 0 saturated heterocycles. The van der Waals surface area contributed by atoms with Crippen molar-refractivity contribution in [2.75, 3.05) is 0 Å². The summed E-state index contributed by atoms with van der Waals surface area (Å²) < 4.78 is 1.80. The van der Waals surface area contributed by atoms with Gasteiger partial charge in [-0.15, -0.1) is 0 Å². The van der Waals surface area contributed by atoms with E-state index in [9.17, 15) is 9.90 Å². The van der Waals surface area contributed by atoms with Crippen molar-refractivity contribution in [3.05, 3.63) is 24.0 Å². The van der Waals surface area contributed by atoms with Crippen LogP contribution >= 0.6 is 0 Å². The van der Waals surface area contributed by atoms with Crippen LogP contribution in [0.4, 0.5) is 0 Å². The van der Waals surface area contributed by atoms with Gasteiger partial charge in [0, 0.05) is 19.5 Å². The number of phenols is 1. The highest BCUT2D eigenvalue weighted by Crippen LogP contribution is 2.20. The highest BCUT2D eigenvalue weighted by Gasteiger charge is 2.09. The van der Waals surface area contributed by atoms with Crippen molar-refractivity contribution in [2.45, 2.75) is 12.8 Å². The fraction of sp³-hybridized carbons (Fsp3) is 0.273. The SMILES string of the molecule is Cn1c(CCC(=O)O)nc2ccc(O)cc21. The summed E-state index contributed by atoms with van der Waals surface area (Å²) in [5.74, 6) is 0.0539. The van der Waals surface area contributed by atoms with Gasteiger partial charge in [-0.25, -0.2) is 4.98 Å². The monoisotopic (exact) mass is 220 g/mol. The molecule has 0 atom stereocenters. The van der Waals surface area contributed by atoms with E-state index in [0.717, 1.165) is 11.0 Å². The molecule has 0 aliphatic carbocycles. The van der Waals surface area contributed by atoms with E-state index in [0.29, 0.717) is 12.2 Å². The first-order valence-electron chi connectivity index (χ1n) is 4.94. The van der Waals surface area contributed by atoms with E-state index in [1.165, 1.54) is 0 Å². The molecule has 0 aliphatic rings. The first-order valence-corrected chi connectivity index (χ1v) is 4.94. The van der Waals surface area contributed by atoms with E-state index in [2.05, 4.69) is 4.98 Å². The smallest absolute Gasteiger partial charge is 0.303 e. The lowest BCUT2D eigenvalue weighted by atomic mass is 10.3. The van der Waals surface area contributed by atoms with Gasteiger partial charge in [0.1, 0.15) is 11.6 Å². The topological polar surface area (TPSA) is 75.4 Å². The van der Waals surface area contributed by atoms with E-state index in [4.69, 9.17) is 5.11 Å². The maximum Gasteiger partial charge on any atom is 0.303 e. The minimum atomic E-state index is -0.838. The lowest BCUT2D eigenvalue weighted by Crippen LogP contribution is -2.03. The molecule has 16 heavy (non-hydrogen) atoms. The first kappa shape index (κ1) is 10.5. The Morgan fingerprint density at radius 3 is 2.94 bits per heavy atom. The summed E-state index contributed by atoms with van der Waals surface area (Å²) in [4.78, 5) is 14.8. The van der Waals surface area contributed by atoms with E-state index in [1.807, 2.05) is 7.05 Å². The summed E-state index contributed by atoms with van der Waals surface area (Å²) in [5, 5.41) is 18.0. The number of rotatable bonds is 3. The second-order valence-corrected chi connectivity index (χ2v) is 3.65. The summed E-state index contributed by atoms with van der Waals surface area (Å²) in [6.07, 6.45) is 0.449. The van der Waals surface area contributed by atoms with Crippen LogP contribution < -0.4 is 0 Å². The number of phenolic OH excluding ortho intramolecular Hbond substituents is 1. The van der Waals surface area contributed by atoms with Gasteiger partial charge >= 0.3 is 5.97 Å². The van der Waals surface area contributed by atoms with Crippen molar-refractivity contribution < 1.29 is 15.0 Å². The Hall–Kier alpha value is -2.04. The molecule has 0 radical (unpaired) electrons. The fourth-order valence-electron chi connectivity index (χ4n) is 1.67. The summed E-state index contributed by atoms with van der Waals surface area (Å²) in [7, 11) is 1.81. The first-order chi connectivity index (χ1) is 7.58. The Kier molecular flexibility index (Phi) is 2.52. The number of aromatic nitrogens is 2. The van der Waals surface area contributed by atoms with Crippen LogP contribution in [0.5, 0.6) is 5.75 Å². The molecule has 0 aliphatic heterocycles. The summed E-state index contributed by atoms with van der Waals surface area (Å²) >= 11 is 0. The zero-order valence-corrected chi connectivity index (χ0v) is 8.84. The minimum Gasteiger partial charge on any atom is -0.508 e. The van der Waals surface area contributed by atoms with Gasteiger partial charge in [0.05, 0.1) is 17.5 Å². The molecule has 1 heterocycles. The molecule has 0 bridgehead atoms. The van der Waals surface area contributed by atoms with Crippen molar-refractivity contribution in [3.8, 4) is 5.75 Å². The number of carboxylic acids is 1. The molecule has 2 N–H and O–H groups in total. The second-order valence-electron chi connectivity index (χ2n) is 3.65. The Morgan fingerprint density at radius 2 is 2.25 bits per heavy atom. The van der Waals surface area contributed by atoms with Crippen molar-refractivity contribution in [1.82, 2.24) is 9.55 Å². The number of aryl methyl sites for hydroxylation is 2. The highest BCUT2D eigenvalue weighted by atomic mass is 16.4. The van der Waals surface area contributed by atoms with Crippen LogP contribution in [0.3, 0.4) is 0 Å². The maximum atomic E-state index is 10.5. The van der Waals surface area contributed by atoms with Crippen molar-refractivity contribution in [1.29, 1.82) is 0 Å². The zero-order chi connectivity index (χ0) is 11.7. The minimum absolute atomic E-state index is 0.0587. The number of benzene rings is 1. The average molecular weight is 220 g/mol. The Bertz CT molecular complexity index is 545. The average Bonchev–Trinajstić information content (AvgIpc) is 2.53. The van der Waals surface area contributed by atoms with E-state index >= 15 is 0 Å². The predicted molar refractivity (Wildman–Crippen MR) is 58.3 cm³/mol. The number of nitrogens with zero attached hydrogens (tertiary/aromatic N) is 2. The quantitative estimate of drug-likeness (QED) is 0.817. The van der Waals surface area contributed by atoms with Crippen LogP contribution in [-0.2, 0) is 18.3 Å². The normalized spacial score (nSPS) is 10.8. The lowest BCUT2D eigenvalue weighted by Gasteiger charge is -2.00. The number of carboxylic acid groups (broad SMARTS) is 1. The molecule has 5 nitrogen and oxygen atoms in total. The number of carbonyl (C=O) groups is 1. The number of fused-ring (bicyclic) bond motifs is 1. The van der Waals surface area contributed by atoms with Gasteiger partial charge in [-0.2, -0.15) is 0 Å². The van der Waals surface area contributed by atoms with Gasteiger partial charge in [-0.3, -0.25) is 4.79 Å². The fourth-order valence-corrected chi connectivity index (χ4v) is 1.67. The standard InChI is InChI=1S/C11H12N2O3/c1-13-9-6-7(14)2-3-8(9)12-10(13)4-5-11(15)16/h2-3,6,14H,4-5H2,1H3,(H,15,16). The summed E-state index contributed by atoms with van der Waals surface area (Å²) in [5.41, 5.74) is 1.57. The molecule has 0 saturated carbocycles. The van der Waals surface area contributed by atoms with E-state index in [-0.39, 0.29) is 12.2 Å². The molecular weight excluding hydrogens is 208 g/mol. The molecule has 84 valence electrons. The molecule has 1 aromatic carbocycles. The van der Waals surface area contributed by atoms with Crippen LogP contribution in [0.1, 0.15) is 12.2 Å². The highest BCUT2D eigenvalue weighted by molar-refractivity contribution is 5.77. The molecule has 0 spiro atoms. The largest absolute Gasteiger partial charge is 0.508 e. The molecular formula is C11H12N2O3. The molecule has 2 aromatic rings. The Morgan fingerprint density at radius 1 is 1.50 bits per heavy atom. The van der Waals surface area contributed by atoms with Crippen molar-refractivity contribution in [3.63, 3.8) is 0 Å². The molecule has 5 heteroatoms. The van der Waals surface area contributed by atoms with Gasteiger partial charge in [0.25, 0.3) is 0 Å². The van der Waals surface area contributed by atoms with Gasteiger partial charge in [0.15, 0.2) is 0 Å². The van der Waals surface area contributed by atoms with Gasteiger partial charge < -0.3 is 14.8 Å². The molecule has 1 aromatic heterocycles. The van der Waals surface area contributed by atoms with Gasteiger partial charge in [-0.1, -0.05) is 0 Å². The summed E-state index contributed by atoms with van der Waals surface area (Å²) in [6.45, 7) is 0. The number of aromatic hydroxyl groups is 1. The van der Waals surface area contributed by atoms with Gasteiger partial charge in [-0.05, 0) is 12.1 Å². The second kappa shape index (κ2) is 3.84. The van der Waals surface area contributed by atoms with E-state index in [1.54, 1.807) is 22.8 Å². The molecule has 0 amide bonds. The molecule has 0 unspecified atom stereocenters. The maximum absolute atomic E-state index is 10.5. The van der Waals surface area contributed by atoms with Crippen LogP contribution in [0.2, 0.25) is 0 Å².